The van der Waals surface area contributed by atoms with Gasteiger partial charge >= 0.3 is 5.97 Å². The van der Waals surface area contributed by atoms with E-state index in [1.807, 2.05) is 29.2 Å². The number of fused-ring (bicyclic) bond motifs is 1. The number of benzene rings is 1. The standard InChI is InChI=1S/C21H27N3O4/c1-28-19(26)17-10-4-7-13-23(17)14-18(25)24-16-9-3-2-8-15(16)22-20(27)21(24)11-5-6-12-21/h2-3,8-9,17H,4-7,10-14H2,1H3,(H,22,27)/t17-/m1/s1. The van der Waals surface area contributed by atoms with Crippen molar-refractivity contribution >= 4 is 29.2 Å². The number of likely N-dealkylation sites (tertiary alicyclic amines) is 1. The van der Waals surface area contributed by atoms with Crippen molar-refractivity contribution in [3.8, 4) is 0 Å². The summed E-state index contributed by atoms with van der Waals surface area (Å²) in [4.78, 5) is 42.4. The van der Waals surface area contributed by atoms with Gasteiger partial charge in [0.25, 0.3) is 5.91 Å². The highest BCUT2D eigenvalue weighted by molar-refractivity contribution is 6.15. The van der Waals surface area contributed by atoms with Crippen LogP contribution in [0.2, 0.25) is 0 Å². The quantitative estimate of drug-likeness (QED) is 0.808. The topological polar surface area (TPSA) is 79.0 Å². The third kappa shape index (κ3) is 3.07. The molecule has 1 spiro atoms. The molecule has 2 aliphatic heterocycles. The molecule has 150 valence electrons. The number of piperidine rings is 1. The number of rotatable bonds is 3. The van der Waals surface area contributed by atoms with Crippen molar-refractivity contribution in [3.05, 3.63) is 24.3 Å². The summed E-state index contributed by atoms with van der Waals surface area (Å²) in [5.74, 6) is -0.514. The first kappa shape index (κ1) is 18.9. The van der Waals surface area contributed by atoms with Crippen molar-refractivity contribution in [3.63, 3.8) is 0 Å². The van der Waals surface area contributed by atoms with Gasteiger partial charge < -0.3 is 10.1 Å². The molecule has 7 nitrogen and oxygen atoms in total. The first-order valence-electron chi connectivity index (χ1n) is 10.1. The van der Waals surface area contributed by atoms with E-state index in [0.29, 0.717) is 31.5 Å². The van der Waals surface area contributed by atoms with E-state index in [-0.39, 0.29) is 24.3 Å². The van der Waals surface area contributed by atoms with Gasteiger partial charge in [0.1, 0.15) is 11.6 Å². The molecule has 2 fully saturated rings. The normalized spacial score (nSPS) is 24.0. The molecule has 0 bridgehead atoms. The number of amides is 2. The molecule has 3 aliphatic rings. The van der Waals surface area contributed by atoms with Crippen molar-refractivity contribution in [1.82, 2.24) is 4.90 Å². The van der Waals surface area contributed by atoms with E-state index in [2.05, 4.69) is 5.32 Å². The van der Waals surface area contributed by atoms with Crippen LogP contribution in [0.4, 0.5) is 11.4 Å². The number of anilines is 2. The number of nitrogens with zero attached hydrogens (tertiary/aromatic N) is 2. The Labute approximate surface area is 165 Å². The molecule has 1 aliphatic carbocycles. The first-order chi connectivity index (χ1) is 13.6. The molecule has 0 aromatic heterocycles. The molecule has 0 radical (unpaired) electrons. The predicted molar refractivity (Wildman–Crippen MR) is 105 cm³/mol. The van der Waals surface area contributed by atoms with Crippen LogP contribution in [0.15, 0.2) is 24.3 Å². The largest absolute Gasteiger partial charge is 0.468 e. The molecule has 1 atom stereocenters. The van der Waals surface area contributed by atoms with Gasteiger partial charge in [0.15, 0.2) is 0 Å². The molecule has 1 saturated carbocycles. The van der Waals surface area contributed by atoms with E-state index in [1.54, 1.807) is 4.90 Å². The van der Waals surface area contributed by atoms with Crippen LogP contribution >= 0.6 is 0 Å². The average Bonchev–Trinajstić information content (AvgIpc) is 3.19. The Morgan fingerprint density at radius 1 is 1.18 bits per heavy atom. The lowest BCUT2D eigenvalue weighted by molar-refractivity contribution is -0.149. The summed E-state index contributed by atoms with van der Waals surface area (Å²) in [6.07, 6.45) is 5.77. The summed E-state index contributed by atoms with van der Waals surface area (Å²) in [6, 6.07) is 7.06. The third-order valence-corrected chi connectivity index (χ3v) is 6.35. The fourth-order valence-corrected chi connectivity index (χ4v) is 4.96. The van der Waals surface area contributed by atoms with Crippen LogP contribution in [-0.2, 0) is 19.1 Å². The van der Waals surface area contributed by atoms with Crippen LogP contribution in [0.25, 0.3) is 0 Å². The average molecular weight is 385 g/mol. The van der Waals surface area contributed by atoms with Crippen LogP contribution in [0.1, 0.15) is 44.9 Å². The molecule has 28 heavy (non-hydrogen) atoms. The Morgan fingerprint density at radius 2 is 1.93 bits per heavy atom. The van der Waals surface area contributed by atoms with Crippen LogP contribution < -0.4 is 10.2 Å². The fourth-order valence-electron chi connectivity index (χ4n) is 4.96. The van der Waals surface area contributed by atoms with Gasteiger partial charge in [-0.1, -0.05) is 31.4 Å². The Balaban J connectivity index is 1.66. The number of hydrogen-bond acceptors (Lipinski definition) is 5. The molecule has 2 amide bonds. The second kappa shape index (κ2) is 7.54. The third-order valence-electron chi connectivity index (χ3n) is 6.35. The Bertz CT molecular complexity index is 788. The minimum absolute atomic E-state index is 0.0970. The molecule has 7 heteroatoms. The SMILES string of the molecule is COC(=O)[C@H]1CCCCN1CC(=O)N1c2ccccc2NC(=O)C12CCCC2. The van der Waals surface area contributed by atoms with E-state index in [4.69, 9.17) is 4.74 Å². The minimum atomic E-state index is -0.817. The molecular formula is C21H27N3O4. The predicted octanol–water partition coefficient (Wildman–Crippen LogP) is 2.31. The summed E-state index contributed by atoms with van der Waals surface area (Å²) in [6.45, 7) is 0.795. The Morgan fingerprint density at radius 3 is 2.68 bits per heavy atom. The van der Waals surface area contributed by atoms with Crippen LogP contribution in [0, 0.1) is 0 Å². The van der Waals surface area contributed by atoms with Gasteiger partial charge in [-0.05, 0) is 44.4 Å². The summed E-state index contributed by atoms with van der Waals surface area (Å²) < 4.78 is 4.94. The van der Waals surface area contributed by atoms with E-state index >= 15 is 0 Å². The maximum Gasteiger partial charge on any atom is 0.323 e. The molecule has 1 saturated heterocycles. The maximum atomic E-state index is 13.5. The zero-order chi connectivity index (χ0) is 19.7. The second-order valence-corrected chi connectivity index (χ2v) is 7.94. The zero-order valence-corrected chi connectivity index (χ0v) is 16.3. The van der Waals surface area contributed by atoms with Crippen molar-refractivity contribution in [2.75, 3.05) is 30.4 Å². The van der Waals surface area contributed by atoms with Crippen LogP contribution in [-0.4, -0.2) is 54.5 Å². The monoisotopic (exact) mass is 385 g/mol. The maximum absolute atomic E-state index is 13.5. The number of ether oxygens (including phenoxy) is 1. The minimum Gasteiger partial charge on any atom is -0.468 e. The lowest BCUT2D eigenvalue weighted by Gasteiger charge is -2.45. The number of carbonyl (C=O) groups is 3. The first-order valence-corrected chi connectivity index (χ1v) is 10.1. The molecule has 1 aromatic rings. The van der Waals surface area contributed by atoms with Crippen molar-refractivity contribution in [2.24, 2.45) is 0 Å². The Hall–Kier alpha value is -2.41. The van der Waals surface area contributed by atoms with Gasteiger partial charge in [0, 0.05) is 0 Å². The van der Waals surface area contributed by atoms with Crippen molar-refractivity contribution in [1.29, 1.82) is 0 Å². The van der Waals surface area contributed by atoms with E-state index in [9.17, 15) is 14.4 Å². The molecule has 2 heterocycles. The van der Waals surface area contributed by atoms with Gasteiger partial charge in [0.05, 0.1) is 25.0 Å². The van der Waals surface area contributed by atoms with Crippen LogP contribution in [0.3, 0.4) is 0 Å². The highest BCUT2D eigenvalue weighted by Crippen LogP contribution is 2.45. The summed E-state index contributed by atoms with van der Waals surface area (Å²) >= 11 is 0. The van der Waals surface area contributed by atoms with E-state index < -0.39 is 11.6 Å². The number of carbonyl (C=O) groups excluding carboxylic acids is 3. The van der Waals surface area contributed by atoms with Crippen molar-refractivity contribution in [2.45, 2.75) is 56.5 Å². The fraction of sp³-hybridized carbons (Fsp3) is 0.571. The molecular weight excluding hydrogens is 358 g/mol. The molecule has 0 unspecified atom stereocenters. The Kier molecular flexibility index (Phi) is 5.10. The second-order valence-electron chi connectivity index (χ2n) is 7.94. The van der Waals surface area contributed by atoms with E-state index in [1.165, 1.54) is 7.11 Å². The molecule has 1 N–H and O–H groups in total. The highest BCUT2D eigenvalue weighted by atomic mass is 16.5. The summed E-state index contributed by atoms with van der Waals surface area (Å²) in [5, 5.41) is 3.00. The number of hydrogen-bond donors (Lipinski definition) is 1. The smallest absolute Gasteiger partial charge is 0.323 e. The zero-order valence-electron chi connectivity index (χ0n) is 16.3. The lowest BCUT2D eigenvalue weighted by Crippen LogP contribution is -2.63. The number of esters is 1. The summed E-state index contributed by atoms with van der Waals surface area (Å²) in [7, 11) is 1.38. The molecule has 4 rings (SSSR count). The number of nitrogens with one attached hydrogen (secondary N) is 1. The van der Waals surface area contributed by atoms with Crippen LogP contribution in [0.5, 0.6) is 0 Å². The van der Waals surface area contributed by atoms with Gasteiger partial charge in [-0.25, -0.2) is 0 Å². The highest BCUT2D eigenvalue weighted by Gasteiger charge is 2.52. The van der Waals surface area contributed by atoms with E-state index in [0.717, 1.165) is 31.4 Å². The van der Waals surface area contributed by atoms with Gasteiger partial charge in [0.2, 0.25) is 5.91 Å². The van der Waals surface area contributed by atoms with Gasteiger partial charge in [-0.15, -0.1) is 0 Å². The lowest BCUT2D eigenvalue weighted by atomic mass is 9.89. The molecule has 1 aromatic carbocycles. The van der Waals surface area contributed by atoms with Crippen molar-refractivity contribution < 1.29 is 19.1 Å². The number of methoxy groups -OCH3 is 1. The number of para-hydroxylation sites is 2. The summed E-state index contributed by atoms with van der Waals surface area (Å²) in [5.41, 5.74) is 0.601. The van der Waals surface area contributed by atoms with Gasteiger partial charge in [-0.3, -0.25) is 24.2 Å². The van der Waals surface area contributed by atoms with Gasteiger partial charge in [-0.2, -0.15) is 0 Å².